The van der Waals surface area contributed by atoms with Crippen molar-refractivity contribution in [2.24, 2.45) is 11.8 Å². The molecule has 4 aromatic rings. The summed E-state index contributed by atoms with van der Waals surface area (Å²) in [6, 6.07) is 26.8. The minimum atomic E-state index is -0.766. The topological polar surface area (TPSA) is 92.8 Å². The molecule has 1 saturated heterocycles. The molecule has 0 saturated carbocycles. The molecule has 8 rings (SSSR count). The van der Waals surface area contributed by atoms with Gasteiger partial charge in [0.1, 0.15) is 0 Å². The Morgan fingerprint density at radius 3 is 1.83 bits per heavy atom. The van der Waals surface area contributed by atoms with Gasteiger partial charge in [0.25, 0.3) is 5.91 Å². The largest absolute Gasteiger partial charge is 0.452 e. The molecule has 0 radical (unpaired) electrons. The van der Waals surface area contributed by atoms with Crippen LogP contribution >= 0.6 is 23.2 Å². The first kappa shape index (κ1) is 26.4. The van der Waals surface area contributed by atoms with E-state index >= 15 is 0 Å². The van der Waals surface area contributed by atoms with E-state index in [0.717, 1.165) is 22.3 Å². The third-order valence-corrected chi connectivity index (χ3v) is 9.07. The Morgan fingerprint density at radius 1 is 0.714 bits per heavy atom. The average molecular weight is 597 g/mol. The molecule has 0 spiro atoms. The van der Waals surface area contributed by atoms with Crippen molar-refractivity contribution in [1.82, 2.24) is 0 Å². The number of nitrogens with zero attached hydrogens (tertiary/aromatic N) is 1. The van der Waals surface area contributed by atoms with Gasteiger partial charge in [-0.2, -0.15) is 0 Å². The molecule has 2 bridgehead atoms. The monoisotopic (exact) mass is 596 g/mol. The number of carbonyl (C=O) groups excluding carboxylic acids is 4. The fraction of sp³-hybridized carbons (Fsp3) is 0.152. The van der Waals surface area contributed by atoms with E-state index in [9.17, 15) is 19.2 Å². The quantitative estimate of drug-likeness (QED) is 0.219. The predicted octanol–water partition coefficient (Wildman–Crippen LogP) is 6.19. The Bertz CT molecular complexity index is 1710. The molecule has 2 atom stereocenters. The molecule has 208 valence electrons. The molecule has 1 fully saturated rings. The molecule has 1 aliphatic heterocycles. The summed E-state index contributed by atoms with van der Waals surface area (Å²) in [5, 5.41) is 3.20. The van der Waals surface area contributed by atoms with Gasteiger partial charge in [-0.25, -0.2) is 9.69 Å². The number of nitrogens with one attached hydrogen (secondary N) is 1. The molecule has 3 amide bonds. The molecule has 0 unspecified atom stereocenters. The van der Waals surface area contributed by atoms with E-state index in [1.807, 2.05) is 48.5 Å². The second-order valence-corrected chi connectivity index (χ2v) is 11.4. The fourth-order valence-electron chi connectivity index (χ4n) is 6.69. The normalized spacial score (nSPS) is 21.4. The van der Waals surface area contributed by atoms with Crippen LogP contribution in [0, 0.1) is 11.8 Å². The van der Waals surface area contributed by atoms with Gasteiger partial charge in [-0.05, 0) is 58.7 Å². The molecule has 7 nitrogen and oxygen atoms in total. The summed E-state index contributed by atoms with van der Waals surface area (Å²) >= 11 is 11.9. The van der Waals surface area contributed by atoms with Crippen LogP contribution in [0.25, 0.3) is 0 Å². The summed E-state index contributed by atoms with van der Waals surface area (Å²) in [5.41, 5.74) is 5.15. The maximum absolute atomic E-state index is 14.0. The Hall–Kier alpha value is -4.46. The fourth-order valence-corrected chi connectivity index (χ4v) is 6.99. The zero-order valence-electron chi connectivity index (χ0n) is 21.9. The Balaban J connectivity index is 1.12. The minimum absolute atomic E-state index is 0.111. The third kappa shape index (κ3) is 4.11. The lowest BCUT2D eigenvalue weighted by Crippen LogP contribution is -2.41. The van der Waals surface area contributed by atoms with Gasteiger partial charge in [-0.1, -0.05) is 77.8 Å². The molecular formula is C33H22Cl2N2O5. The van der Waals surface area contributed by atoms with Crippen molar-refractivity contribution in [2.75, 3.05) is 16.8 Å². The first-order valence-corrected chi connectivity index (χ1v) is 14.2. The molecule has 4 aliphatic rings. The molecular weight excluding hydrogens is 575 g/mol. The van der Waals surface area contributed by atoms with Gasteiger partial charge in [0.2, 0.25) is 11.8 Å². The second kappa shape index (κ2) is 10.1. The average Bonchev–Trinajstić information content (AvgIpc) is 3.27. The number of hydrogen-bond acceptors (Lipinski definition) is 5. The van der Waals surface area contributed by atoms with Gasteiger partial charge >= 0.3 is 5.97 Å². The van der Waals surface area contributed by atoms with Crippen LogP contribution in [-0.2, 0) is 19.1 Å². The van der Waals surface area contributed by atoms with Crippen molar-refractivity contribution in [3.05, 3.63) is 129 Å². The van der Waals surface area contributed by atoms with E-state index in [1.165, 1.54) is 29.2 Å². The maximum atomic E-state index is 14.0. The number of anilines is 2. The molecule has 3 aliphatic carbocycles. The van der Waals surface area contributed by atoms with Gasteiger partial charge in [-0.15, -0.1) is 0 Å². The summed E-state index contributed by atoms with van der Waals surface area (Å²) in [6.45, 7) is -0.547. The van der Waals surface area contributed by atoms with Crippen LogP contribution in [0.3, 0.4) is 0 Å². The summed E-state index contributed by atoms with van der Waals surface area (Å²) < 4.78 is 5.21. The Morgan fingerprint density at radius 2 is 1.29 bits per heavy atom. The molecule has 1 heterocycles. The number of halogens is 2. The number of carbonyl (C=O) groups is 4. The van der Waals surface area contributed by atoms with Gasteiger partial charge in [0.05, 0.1) is 33.1 Å². The van der Waals surface area contributed by atoms with E-state index in [-0.39, 0.29) is 34.2 Å². The highest BCUT2D eigenvalue weighted by Crippen LogP contribution is 2.61. The van der Waals surface area contributed by atoms with Gasteiger partial charge in [0.15, 0.2) is 6.61 Å². The van der Waals surface area contributed by atoms with E-state index in [2.05, 4.69) is 5.32 Å². The lowest BCUT2D eigenvalue weighted by Gasteiger charge is -2.45. The van der Waals surface area contributed by atoms with Crippen LogP contribution in [0.5, 0.6) is 0 Å². The first-order valence-electron chi connectivity index (χ1n) is 13.4. The summed E-state index contributed by atoms with van der Waals surface area (Å²) in [4.78, 5) is 54.4. The van der Waals surface area contributed by atoms with E-state index in [0.29, 0.717) is 16.4 Å². The number of amides is 3. The number of rotatable bonds is 5. The van der Waals surface area contributed by atoms with Crippen molar-refractivity contribution in [3.8, 4) is 0 Å². The van der Waals surface area contributed by atoms with Gasteiger partial charge < -0.3 is 10.1 Å². The van der Waals surface area contributed by atoms with E-state index < -0.39 is 30.3 Å². The first-order chi connectivity index (χ1) is 20.3. The number of imide groups is 1. The Labute approximate surface area is 251 Å². The summed E-state index contributed by atoms with van der Waals surface area (Å²) in [5.74, 6) is -3.42. The summed E-state index contributed by atoms with van der Waals surface area (Å²) in [7, 11) is 0. The van der Waals surface area contributed by atoms with Crippen LogP contribution < -0.4 is 10.2 Å². The van der Waals surface area contributed by atoms with Crippen molar-refractivity contribution < 1.29 is 23.9 Å². The molecule has 42 heavy (non-hydrogen) atoms. The number of esters is 1. The van der Waals surface area contributed by atoms with Crippen LogP contribution in [0.1, 0.15) is 44.4 Å². The highest BCUT2D eigenvalue weighted by atomic mass is 35.5. The predicted molar refractivity (Wildman–Crippen MR) is 158 cm³/mol. The zero-order valence-corrected chi connectivity index (χ0v) is 23.4. The van der Waals surface area contributed by atoms with Crippen LogP contribution in [0.2, 0.25) is 10.0 Å². The third-order valence-electron chi connectivity index (χ3n) is 8.33. The minimum Gasteiger partial charge on any atom is -0.452 e. The van der Waals surface area contributed by atoms with Crippen LogP contribution in [-0.4, -0.2) is 30.3 Å². The van der Waals surface area contributed by atoms with Crippen LogP contribution in [0.15, 0.2) is 91.0 Å². The smallest absolute Gasteiger partial charge is 0.338 e. The highest BCUT2D eigenvalue weighted by molar-refractivity contribution is 6.42. The maximum Gasteiger partial charge on any atom is 0.338 e. The zero-order chi connectivity index (χ0) is 29.1. The van der Waals surface area contributed by atoms with Gasteiger partial charge in [-0.3, -0.25) is 14.4 Å². The van der Waals surface area contributed by atoms with Crippen molar-refractivity contribution >= 4 is 58.3 Å². The molecule has 0 aromatic heterocycles. The Kier molecular flexibility index (Phi) is 6.37. The molecule has 9 heteroatoms. The molecule has 1 N–H and O–H groups in total. The van der Waals surface area contributed by atoms with E-state index in [4.69, 9.17) is 27.9 Å². The molecule has 4 aromatic carbocycles. The number of hydrogen-bond donors (Lipinski definition) is 1. The summed E-state index contributed by atoms with van der Waals surface area (Å²) in [6.07, 6.45) is 0. The lowest BCUT2D eigenvalue weighted by atomic mass is 9.55. The SMILES string of the molecule is O=C(COC(=O)c1cccc(N2C(=O)[C@H]3C4c5ccccc5C(c5ccccc54)[C@@H]3C2=O)c1)Nc1ccc(Cl)c(Cl)c1. The van der Waals surface area contributed by atoms with Gasteiger partial charge in [0, 0.05) is 17.5 Å². The second-order valence-electron chi connectivity index (χ2n) is 10.6. The standard InChI is InChI=1S/C33H22Cl2N2O5/c34-24-13-12-18(15-25(24)35)36-26(38)16-42-33(41)17-6-5-7-19(14-17)37-31(39)29-27-20-8-1-2-9-21(20)28(30(29)32(37)40)23-11-4-3-10-22(23)27/h1-15,27-30H,16H2,(H,36,38)/t27?,28?,29-,30-/m0/s1. The van der Waals surface area contributed by atoms with Crippen molar-refractivity contribution in [1.29, 1.82) is 0 Å². The number of benzene rings is 4. The van der Waals surface area contributed by atoms with Crippen LogP contribution in [0.4, 0.5) is 11.4 Å². The van der Waals surface area contributed by atoms with Crippen molar-refractivity contribution in [3.63, 3.8) is 0 Å². The van der Waals surface area contributed by atoms with E-state index in [1.54, 1.807) is 18.2 Å². The lowest BCUT2D eigenvalue weighted by molar-refractivity contribution is -0.122. The highest BCUT2D eigenvalue weighted by Gasteiger charge is 2.61. The van der Waals surface area contributed by atoms with Crippen molar-refractivity contribution in [2.45, 2.75) is 11.8 Å². The number of ether oxygens (including phenoxy) is 1.